The van der Waals surface area contributed by atoms with Gasteiger partial charge in [-0.05, 0) is 83.5 Å². The molecule has 0 heterocycles. The molecule has 0 aromatic heterocycles. The zero-order valence-corrected chi connectivity index (χ0v) is 35.0. The first kappa shape index (κ1) is 50.6. The van der Waals surface area contributed by atoms with Crippen LogP contribution in [0.15, 0.2) is 36.5 Å². The minimum atomic E-state index is -0.782. The number of hydrogen-bond acceptors (Lipinski definition) is 6. The van der Waals surface area contributed by atoms with E-state index >= 15 is 0 Å². The van der Waals surface area contributed by atoms with Crippen LogP contribution >= 0.6 is 0 Å². The average molecular weight is 745 g/mol. The van der Waals surface area contributed by atoms with Crippen molar-refractivity contribution >= 4 is 17.9 Å². The molecule has 0 aliphatic rings. The number of unbranched alkanes of at least 4 members (excludes halogenated alkanes) is 23. The Balaban J connectivity index is 4.40. The van der Waals surface area contributed by atoms with Crippen molar-refractivity contribution in [1.82, 2.24) is 0 Å². The lowest BCUT2D eigenvalue weighted by atomic mass is 10.1. The molecule has 0 spiro atoms. The molecule has 0 saturated carbocycles. The summed E-state index contributed by atoms with van der Waals surface area (Å²) in [4.78, 5) is 37.6. The van der Waals surface area contributed by atoms with Crippen molar-refractivity contribution in [3.8, 4) is 0 Å². The van der Waals surface area contributed by atoms with E-state index in [0.717, 1.165) is 103 Å². The second kappa shape index (κ2) is 42.4. The van der Waals surface area contributed by atoms with Crippen LogP contribution in [0.3, 0.4) is 0 Å². The largest absolute Gasteiger partial charge is 0.462 e. The Morgan fingerprint density at radius 1 is 0.358 bits per heavy atom. The lowest BCUT2D eigenvalue weighted by Crippen LogP contribution is -2.30. The molecule has 0 aliphatic heterocycles. The zero-order chi connectivity index (χ0) is 38.7. The Bertz CT molecular complexity index is 907. The molecule has 53 heavy (non-hydrogen) atoms. The van der Waals surface area contributed by atoms with E-state index in [4.69, 9.17) is 14.2 Å². The van der Waals surface area contributed by atoms with Crippen molar-refractivity contribution in [1.29, 1.82) is 0 Å². The standard InChI is InChI=1S/C47H84O6/c1-4-7-10-13-16-19-22-23-24-26-28-31-34-37-40-46(49)52-43-44(42-51-45(48)39-36-33-30-27-21-18-15-12-9-6-3)53-47(50)41-38-35-32-29-25-20-17-14-11-8-5-2/h14-15,17-18,24,26,44H,4-13,16,19-23,25,27-43H2,1-3H3/b17-14-,18-15-,26-24-. The monoisotopic (exact) mass is 745 g/mol. The van der Waals surface area contributed by atoms with Crippen molar-refractivity contribution in [2.45, 2.75) is 232 Å². The molecule has 308 valence electrons. The number of esters is 3. The van der Waals surface area contributed by atoms with Crippen LogP contribution in [0.5, 0.6) is 0 Å². The molecule has 0 fully saturated rings. The Morgan fingerprint density at radius 3 is 1.02 bits per heavy atom. The van der Waals surface area contributed by atoms with Crippen LogP contribution in [0.1, 0.15) is 226 Å². The fraction of sp³-hybridized carbons (Fsp3) is 0.809. The molecule has 1 atom stereocenters. The summed E-state index contributed by atoms with van der Waals surface area (Å²) in [6, 6.07) is 0. The smallest absolute Gasteiger partial charge is 0.306 e. The molecule has 0 N–H and O–H groups in total. The first-order valence-corrected chi connectivity index (χ1v) is 22.5. The van der Waals surface area contributed by atoms with Gasteiger partial charge in [-0.2, -0.15) is 0 Å². The maximum Gasteiger partial charge on any atom is 0.306 e. The number of hydrogen-bond donors (Lipinski definition) is 0. The molecular formula is C47H84O6. The zero-order valence-electron chi connectivity index (χ0n) is 35.0. The maximum absolute atomic E-state index is 12.7. The minimum Gasteiger partial charge on any atom is -0.462 e. The van der Waals surface area contributed by atoms with Crippen LogP contribution in [0, 0.1) is 0 Å². The maximum atomic E-state index is 12.7. The summed E-state index contributed by atoms with van der Waals surface area (Å²) < 4.78 is 16.6. The number of carbonyl (C=O) groups is 3. The van der Waals surface area contributed by atoms with E-state index in [0.29, 0.717) is 19.3 Å². The molecule has 0 aromatic rings. The van der Waals surface area contributed by atoms with Gasteiger partial charge in [-0.15, -0.1) is 0 Å². The van der Waals surface area contributed by atoms with Gasteiger partial charge in [0.05, 0.1) is 0 Å². The molecule has 1 unspecified atom stereocenters. The highest BCUT2D eigenvalue weighted by molar-refractivity contribution is 5.71. The molecule has 0 radical (unpaired) electrons. The Labute approximate surface area is 327 Å². The number of allylic oxidation sites excluding steroid dienone is 6. The molecule has 6 nitrogen and oxygen atoms in total. The van der Waals surface area contributed by atoms with Crippen LogP contribution in [-0.2, 0) is 28.6 Å². The number of ether oxygens (including phenoxy) is 3. The molecule has 0 rings (SSSR count). The second-order valence-electron chi connectivity index (χ2n) is 14.9. The van der Waals surface area contributed by atoms with Gasteiger partial charge < -0.3 is 14.2 Å². The molecule has 0 bridgehead atoms. The summed E-state index contributed by atoms with van der Waals surface area (Å²) >= 11 is 0. The normalized spacial score (nSPS) is 12.3. The topological polar surface area (TPSA) is 78.9 Å². The third-order valence-corrected chi connectivity index (χ3v) is 9.59. The molecule has 0 saturated heterocycles. The van der Waals surface area contributed by atoms with Gasteiger partial charge in [0.1, 0.15) is 13.2 Å². The Hall–Kier alpha value is -2.37. The van der Waals surface area contributed by atoms with E-state index in [-0.39, 0.29) is 31.1 Å². The third-order valence-electron chi connectivity index (χ3n) is 9.59. The molecule has 0 amide bonds. The highest BCUT2D eigenvalue weighted by Crippen LogP contribution is 2.13. The molecular weight excluding hydrogens is 661 g/mol. The van der Waals surface area contributed by atoms with E-state index in [9.17, 15) is 14.4 Å². The van der Waals surface area contributed by atoms with Crippen molar-refractivity contribution in [2.24, 2.45) is 0 Å². The highest BCUT2D eigenvalue weighted by Gasteiger charge is 2.19. The van der Waals surface area contributed by atoms with Gasteiger partial charge >= 0.3 is 17.9 Å². The number of carbonyl (C=O) groups excluding carboxylic acids is 3. The van der Waals surface area contributed by atoms with Gasteiger partial charge in [0, 0.05) is 19.3 Å². The fourth-order valence-corrected chi connectivity index (χ4v) is 6.10. The summed E-state index contributed by atoms with van der Waals surface area (Å²) in [6.07, 6.45) is 47.0. The second-order valence-corrected chi connectivity index (χ2v) is 14.9. The van der Waals surface area contributed by atoms with E-state index < -0.39 is 6.10 Å². The van der Waals surface area contributed by atoms with Crippen LogP contribution < -0.4 is 0 Å². The minimum absolute atomic E-state index is 0.0859. The van der Waals surface area contributed by atoms with Crippen molar-refractivity contribution in [3.63, 3.8) is 0 Å². The van der Waals surface area contributed by atoms with Gasteiger partial charge in [0.2, 0.25) is 0 Å². The van der Waals surface area contributed by atoms with Gasteiger partial charge in [0.25, 0.3) is 0 Å². The predicted octanol–water partition coefficient (Wildman–Crippen LogP) is 14.2. The first-order chi connectivity index (χ1) is 26.0. The van der Waals surface area contributed by atoms with Crippen LogP contribution in [-0.4, -0.2) is 37.2 Å². The third kappa shape index (κ3) is 40.6. The summed E-state index contributed by atoms with van der Waals surface area (Å²) in [6.45, 7) is 6.51. The predicted molar refractivity (Wildman–Crippen MR) is 224 cm³/mol. The Morgan fingerprint density at radius 2 is 0.642 bits per heavy atom. The van der Waals surface area contributed by atoms with Crippen LogP contribution in [0.2, 0.25) is 0 Å². The summed E-state index contributed by atoms with van der Waals surface area (Å²) in [5.74, 6) is -0.925. The average Bonchev–Trinajstić information content (AvgIpc) is 3.15. The van der Waals surface area contributed by atoms with Crippen LogP contribution in [0.4, 0.5) is 0 Å². The quantitative estimate of drug-likeness (QED) is 0.0269. The van der Waals surface area contributed by atoms with E-state index in [1.807, 2.05) is 0 Å². The molecule has 0 aromatic carbocycles. The van der Waals surface area contributed by atoms with Gasteiger partial charge in [-0.3, -0.25) is 14.4 Å². The van der Waals surface area contributed by atoms with E-state index in [1.165, 1.54) is 83.5 Å². The van der Waals surface area contributed by atoms with Crippen molar-refractivity contribution < 1.29 is 28.6 Å². The SMILES string of the molecule is CCCC/C=C\CCCCCCCC(=O)OC(COC(=O)CCCCC/C=C\CCCCCCCCC)COC(=O)CCCCCC/C=C\CCCC. The summed E-state index contributed by atoms with van der Waals surface area (Å²) in [7, 11) is 0. The highest BCUT2D eigenvalue weighted by atomic mass is 16.6. The molecule has 6 heteroatoms. The fourth-order valence-electron chi connectivity index (χ4n) is 6.10. The van der Waals surface area contributed by atoms with Crippen LogP contribution in [0.25, 0.3) is 0 Å². The first-order valence-electron chi connectivity index (χ1n) is 22.5. The Kier molecular flexibility index (Phi) is 40.5. The van der Waals surface area contributed by atoms with Gasteiger partial charge in [-0.25, -0.2) is 0 Å². The van der Waals surface area contributed by atoms with E-state index in [1.54, 1.807) is 0 Å². The number of rotatable bonds is 40. The molecule has 0 aliphatic carbocycles. The van der Waals surface area contributed by atoms with Gasteiger partial charge in [0.15, 0.2) is 6.10 Å². The lowest BCUT2D eigenvalue weighted by Gasteiger charge is -2.18. The van der Waals surface area contributed by atoms with E-state index in [2.05, 4.69) is 57.2 Å². The summed E-state index contributed by atoms with van der Waals surface area (Å²) in [5.41, 5.74) is 0. The van der Waals surface area contributed by atoms with Crippen molar-refractivity contribution in [2.75, 3.05) is 13.2 Å². The summed E-state index contributed by atoms with van der Waals surface area (Å²) in [5, 5.41) is 0. The lowest BCUT2D eigenvalue weighted by molar-refractivity contribution is -0.167. The van der Waals surface area contributed by atoms with Gasteiger partial charge in [-0.1, -0.05) is 160 Å². The van der Waals surface area contributed by atoms with Crippen molar-refractivity contribution in [3.05, 3.63) is 36.5 Å².